The lowest BCUT2D eigenvalue weighted by Crippen LogP contribution is -2.29. The van der Waals surface area contributed by atoms with Crippen molar-refractivity contribution < 1.29 is 9.53 Å². The number of ether oxygens (including phenoxy) is 1. The summed E-state index contributed by atoms with van der Waals surface area (Å²) in [6.45, 7) is 1.17. The van der Waals surface area contributed by atoms with Gasteiger partial charge in [0.05, 0.1) is 6.61 Å². The first-order chi connectivity index (χ1) is 10.8. The molecule has 0 spiro atoms. The van der Waals surface area contributed by atoms with Crippen LogP contribution in [0.15, 0.2) is 60.7 Å². The molecule has 3 N–H and O–H groups in total. The van der Waals surface area contributed by atoms with Gasteiger partial charge in [-0.3, -0.25) is 4.79 Å². The predicted octanol–water partition coefficient (Wildman–Crippen LogP) is 3.08. The van der Waals surface area contributed by atoms with Gasteiger partial charge in [0.1, 0.15) is 5.75 Å². The van der Waals surface area contributed by atoms with Gasteiger partial charge in [-0.15, -0.1) is 12.4 Å². The molecule has 1 atom stereocenters. The monoisotopic (exact) mass is 334 g/mol. The fourth-order valence-corrected chi connectivity index (χ4v) is 2.10. The number of hydrogen-bond acceptors (Lipinski definition) is 3. The van der Waals surface area contributed by atoms with Crippen LogP contribution in [0.4, 0.5) is 0 Å². The van der Waals surface area contributed by atoms with Gasteiger partial charge in [-0.25, -0.2) is 0 Å². The molecule has 0 bridgehead atoms. The molecule has 0 aliphatic rings. The van der Waals surface area contributed by atoms with Crippen LogP contribution in [0.2, 0.25) is 0 Å². The molecule has 5 heteroatoms. The van der Waals surface area contributed by atoms with Crippen LogP contribution in [0, 0.1) is 0 Å². The van der Waals surface area contributed by atoms with Gasteiger partial charge >= 0.3 is 0 Å². The van der Waals surface area contributed by atoms with Gasteiger partial charge in [0.15, 0.2) is 0 Å². The Morgan fingerprint density at radius 3 is 2.30 bits per heavy atom. The van der Waals surface area contributed by atoms with E-state index in [0.717, 1.165) is 17.7 Å². The number of para-hydroxylation sites is 1. The van der Waals surface area contributed by atoms with E-state index in [4.69, 9.17) is 10.5 Å². The molecule has 0 saturated heterocycles. The smallest absolute Gasteiger partial charge is 0.221 e. The summed E-state index contributed by atoms with van der Waals surface area (Å²) in [5.41, 5.74) is 6.99. The van der Waals surface area contributed by atoms with Crippen LogP contribution in [-0.2, 0) is 4.79 Å². The van der Waals surface area contributed by atoms with Crippen molar-refractivity contribution in [3.8, 4) is 5.75 Å². The third-order valence-corrected chi connectivity index (χ3v) is 3.29. The quantitative estimate of drug-likeness (QED) is 0.729. The van der Waals surface area contributed by atoms with Crippen molar-refractivity contribution in [3.63, 3.8) is 0 Å². The minimum absolute atomic E-state index is 0. The first-order valence-corrected chi connectivity index (χ1v) is 7.51. The van der Waals surface area contributed by atoms with Gasteiger partial charge in [0, 0.05) is 19.0 Å². The summed E-state index contributed by atoms with van der Waals surface area (Å²) < 4.78 is 5.56. The Morgan fingerprint density at radius 2 is 1.65 bits per heavy atom. The number of halogens is 1. The van der Waals surface area contributed by atoms with E-state index in [1.807, 2.05) is 60.7 Å². The maximum atomic E-state index is 11.8. The standard InChI is InChI=1S/C18H22N2O2.ClH/c19-17(15-8-3-1-4-9-15)14-18(21)20-12-7-13-22-16-10-5-2-6-11-16;/h1-6,8-11,17H,7,12-14,19H2,(H,20,21);1H. The molecule has 0 aliphatic heterocycles. The molecule has 0 fully saturated rings. The topological polar surface area (TPSA) is 64.4 Å². The zero-order valence-corrected chi connectivity index (χ0v) is 13.8. The van der Waals surface area contributed by atoms with Crippen molar-refractivity contribution in [1.29, 1.82) is 0 Å². The Kier molecular flexibility index (Phi) is 8.80. The fourth-order valence-electron chi connectivity index (χ4n) is 2.10. The molecule has 124 valence electrons. The number of carbonyl (C=O) groups excluding carboxylic acids is 1. The zero-order chi connectivity index (χ0) is 15.6. The van der Waals surface area contributed by atoms with E-state index in [0.29, 0.717) is 19.6 Å². The van der Waals surface area contributed by atoms with Crippen LogP contribution >= 0.6 is 12.4 Å². The van der Waals surface area contributed by atoms with Crippen LogP contribution in [0.5, 0.6) is 5.75 Å². The number of nitrogens with one attached hydrogen (secondary N) is 1. The van der Waals surface area contributed by atoms with Crippen molar-refractivity contribution in [3.05, 3.63) is 66.2 Å². The van der Waals surface area contributed by atoms with E-state index < -0.39 is 0 Å². The van der Waals surface area contributed by atoms with Crippen molar-refractivity contribution >= 4 is 18.3 Å². The number of hydrogen-bond donors (Lipinski definition) is 2. The lowest BCUT2D eigenvalue weighted by Gasteiger charge is -2.12. The molecule has 2 aromatic carbocycles. The molecule has 0 aromatic heterocycles. The molecule has 2 rings (SSSR count). The summed E-state index contributed by atoms with van der Waals surface area (Å²) >= 11 is 0. The number of nitrogens with two attached hydrogens (primary N) is 1. The average Bonchev–Trinajstić information content (AvgIpc) is 2.56. The van der Waals surface area contributed by atoms with E-state index >= 15 is 0 Å². The molecule has 1 unspecified atom stereocenters. The summed E-state index contributed by atoms with van der Waals surface area (Å²) in [5, 5.41) is 2.87. The van der Waals surface area contributed by atoms with Gasteiger partial charge < -0.3 is 15.8 Å². The Hall–Kier alpha value is -2.04. The largest absolute Gasteiger partial charge is 0.494 e. The van der Waals surface area contributed by atoms with Crippen molar-refractivity contribution in [2.45, 2.75) is 18.9 Å². The van der Waals surface area contributed by atoms with E-state index in [1.165, 1.54) is 0 Å². The second-order valence-corrected chi connectivity index (χ2v) is 5.09. The van der Waals surface area contributed by atoms with Gasteiger partial charge in [-0.1, -0.05) is 48.5 Å². The maximum absolute atomic E-state index is 11.8. The highest BCUT2D eigenvalue weighted by atomic mass is 35.5. The molecule has 4 nitrogen and oxygen atoms in total. The lowest BCUT2D eigenvalue weighted by atomic mass is 10.0. The summed E-state index contributed by atoms with van der Waals surface area (Å²) in [5.74, 6) is 0.816. The number of carbonyl (C=O) groups is 1. The highest BCUT2D eigenvalue weighted by Gasteiger charge is 2.10. The average molecular weight is 335 g/mol. The Labute approximate surface area is 143 Å². The summed E-state index contributed by atoms with van der Waals surface area (Å²) in [6, 6.07) is 19.0. The van der Waals surface area contributed by atoms with Crippen LogP contribution in [0.1, 0.15) is 24.4 Å². The predicted molar refractivity (Wildman–Crippen MR) is 94.8 cm³/mol. The minimum atomic E-state index is -0.262. The molecule has 1 amide bonds. The number of benzene rings is 2. The second kappa shape index (κ2) is 10.6. The van der Waals surface area contributed by atoms with Crippen LogP contribution in [0.3, 0.4) is 0 Å². The molecule has 0 saturated carbocycles. The first-order valence-electron chi connectivity index (χ1n) is 7.51. The first kappa shape index (κ1) is 19.0. The Bertz CT molecular complexity index is 564. The van der Waals surface area contributed by atoms with Gasteiger partial charge in [-0.2, -0.15) is 0 Å². The number of amides is 1. The van der Waals surface area contributed by atoms with Crippen LogP contribution in [-0.4, -0.2) is 19.1 Å². The molecule has 23 heavy (non-hydrogen) atoms. The molecule has 2 aromatic rings. The molecule has 0 heterocycles. The second-order valence-electron chi connectivity index (χ2n) is 5.09. The van der Waals surface area contributed by atoms with E-state index in [1.54, 1.807) is 0 Å². The van der Waals surface area contributed by atoms with Gasteiger partial charge in [0.25, 0.3) is 0 Å². The summed E-state index contributed by atoms with van der Waals surface area (Å²) in [4.78, 5) is 11.8. The summed E-state index contributed by atoms with van der Waals surface area (Å²) in [6.07, 6.45) is 1.06. The molecule has 0 aliphatic carbocycles. The van der Waals surface area contributed by atoms with E-state index in [-0.39, 0.29) is 24.4 Å². The van der Waals surface area contributed by atoms with Crippen LogP contribution in [0.25, 0.3) is 0 Å². The maximum Gasteiger partial charge on any atom is 0.221 e. The molecular weight excluding hydrogens is 312 g/mol. The normalized spacial score (nSPS) is 11.2. The Balaban J connectivity index is 0.00000264. The van der Waals surface area contributed by atoms with Gasteiger partial charge in [0.2, 0.25) is 5.91 Å². The third kappa shape index (κ3) is 7.17. The lowest BCUT2D eigenvalue weighted by molar-refractivity contribution is -0.121. The Morgan fingerprint density at radius 1 is 1.04 bits per heavy atom. The highest BCUT2D eigenvalue weighted by molar-refractivity contribution is 5.85. The van der Waals surface area contributed by atoms with Gasteiger partial charge in [-0.05, 0) is 24.1 Å². The third-order valence-electron chi connectivity index (χ3n) is 3.29. The SMILES string of the molecule is Cl.NC(CC(=O)NCCCOc1ccccc1)c1ccccc1. The van der Waals surface area contributed by atoms with Crippen molar-refractivity contribution in [2.75, 3.05) is 13.2 Å². The van der Waals surface area contributed by atoms with E-state index in [9.17, 15) is 4.79 Å². The molecular formula is C18H23ClN2O2. The molecule has 0 radical (unpaired) electrons. The zero-order valence-electron chi connectivity index (χ0n) is 13.0. The number of rotatable bonds is 8. The van der Waals surface area contributed by atoms with Crippen molar-refractivity contribution in [1.82, 2.24) is 5.32 Å². The minimum Gasteiger partial charge on any atom is -0.494 e. The van der Waals surface area contributed by atoms with Crippen molar-refractivity contribution in [2.24, 2.45) is 5.73 Å². The van der Waals surface area contributed by atoms with E-state index in [2.05, 4.69) is 5.32 Å². The van der Waals surface area contributed by atoms with Crippen LogP contribution < -0.4 is 15.8 Å². The highest BCUT2D eigenvalue weighted by Crippen LogP contribution is 2.12. The summed E-state index contributed by atoms with van der Waals surface area (Å²) in [7, 11) is 0. The fraction of sp³-hybridized carbons (Fsp3) is 0.278.